The molecule has 1 aliphatic heterocycles. The van der Waals surface area contributed by atoms with E-state index in [1.54, 1.807) is 24.3 Å². The smallest absolute Gasteiger partial charge is 0.240 e. The van der Waals surface area contributed by atoms with Gasteiger partial charge in [-0.3, -0.25) is 0 Å². The minimum Gasteiger partial charge on any atom is -0.470 e. The van der Waals surface area contributed by atoms with Crippen LogP contribution in [0.1, 0.15) is 32.1 Å². The van der Waals surface area contributed by atoms with Gasteiger partial charge in [0.25, 0.3) is 0 Å². The summed E-state index contributed by atoms with van der Waals surface area (Å²) in [6, 6.07) is 6.35. The zero-order valence-corrected chi connectivity index (χ0v) is 19.4. The number of ether oxygens (including phenoxy) is 1. The average molecular weight is 482 g/mol. The molecule has 3 N–H and O–H groups in total. The van der Waals surface area contributed by atoms with Crippen molar-refractivity contribution in [3.63, 3.8) is 0 Å². The second-order valence-electron chi connectivity index (χ2n) is 8.35. The van der Waals surface area contributed by atoms with Gasteiger partial charge in [-0.15, -0.1) is 0 Å². The molecule has 2 aliphatic rings. The van der Waals surface area contributed by atoms with E-state index in [1.807, 2.05) is 7.05 Å². The van der Waals surface area contributed by atoms with Crippen LogP contribution < -0.4 is 14.8 Å². The van der Waals surface area contributed by atoms with Gasteiger partial charge in [0, 0.05) is 11.7 Å². The Balaban J connectivity index is 1.40. The summed E-state index contributed by atoms with van der Waals surface area (Å²) in [5.41, 5.74) is 0.623. The monoisotopic (exact) mass is 481 g/mol. The van der Waals surface area contributed by atoms with E-state index in [0.717, 1.165) is 38.8 Å². The number of rotatable bonds is 7. The number of nitrogens with one attached hydrogen (secondary N) is 2. The lowest BCUT2D eigenvalue weighted by molar-refractivity contribution is 0.0575. The maximum absolute atomic E-state index is 12.7. The van der Waals surface area contributed by atoms with E-state index in [-0.39, 0.29) is 33.9 Å². The highest BCUT2D eigenvalue weighted by Crippen LogP contribution is 2.29. The minimum atomic E-state index is -3.59. The largest absolute Gasteiger partial charge is 0.470 e. The number of halogens is 1. The first-order chi connectivity index (χ1) is 15.3. The second kappa shape index (κ2) is 9.88. The first kappa shape index (κ1) is 23.2. The topological polar surface area (TPSA) is 117 Å². The average Bonchev–Trinajstić information content (AvgIpc) is 3.17. The summed E-state index contributed by atoms with van der Waals surface area (Å²) >= 11 is 6.15. The molecule has 0 spiro atoms. The normalized spacial score (nSPS) is 22.7. The van der Waals surface area contributed by atoms with Crippen LogP contribution in [0.15, 0.2) is 35.4 Å². The van der Waals surface area contributed by atoms with Crippen molar-refractivity contribution in [1.82, 2.24) is 19.6 Å². The number of aromatic nitrogens is 2. The minimum absolute atomic E-state index is 0.0479. The van der Waals surface area contributed by atoms with Gasteiger partial charge in [-0.25, -0.2) is 18.1 Å². The third-order valence-corrected chi connectivity index (χ3v) is 7.65. The second-order valence-corrected chi connectivity index (χ2v) is 10.5. The third-order valence-electron chi connectivity index (χ3n) is 5.85. The Labute approximate surface area is 193 Å². The number of aliphatic hydroxyl groups excluding tert-OH is 1. The number of nitrogens with zero attached hydrogens (tertiary/aromatic N) is 3. The summed E-state index contributed by atoms with van der Waals surface area (Å²) in [4.78, 5) is 10.8. The maximum Gasteiger partial charge on any atom is 0.240 e. The molecule has 0 unspecified atom stereocenters. The summed E-state index contributed by atoms with van der Waals surface area (Å²) in [5, 5.41) is 13.3. The molecule has 1 aromatic heterocycles. The zero-order valence-electron chi connectivity index (χ0n) is 17.9. The van der Waals surface area contributed by atoms with Crippen molar-refractivity contribution in [1.29, 1.82) is 0 Å². The molecular weight excluding hydrogens is 454 g/mol. The van der Waals surface area contributed by atoms with Gasteiger partial charge in [-0.05, 0) is 76.5 Å². The standard InChI is InChI=1S/C21H28ClN5O4S/c1-27-11-9-15(10-12-27)26-32(29,30)16-7-5-14(6-8-16)24-21-23-13-17(22)20(25-21)31-19-4-2-3-18(19)28/h5-8,13,15,18-19,26,28H,2-4,9-12H2,1H3,(H,23,24,25)/t18-,19+/m0/s1. The lowest BCUT2D eigenvalue weighted by Crippen LogP contribution is -2.43. The van der Waals surface area contributed by atoms with E-state index in [0.29, 0.717) is 12.1 Å². The molecule has 1 aliphatic carbocycles. The number of benzene rings is 1. The van der Waals surface area contributed by atoms with E-state index in [4.69, 9.17) is 16.3 Å². The lowest BCUT2D eigenvalue weighted by Gasteiger charge is -2.29. The van der Waals surface area contributed by atoms with Gasteiger partial charge in [0.15, 0.2) is 0 Å². The highest BCUT2D eigenvalue weighted by atomic mass is 35.5. The Kier molecular flexibility index (Phi) is 7.16. The Morgan fingerprint density at radius 3 is 2.53 bits per heavy atom. The molecule has 1 aromatic carbocycles. The fourth-order valence-corrected chi connectivity index (χ4v) is 5.38. The van der Waals surface area contributed by atoms with Crippen molar-refractivity contribution in [2.75, 3.05) is 25.5 Å². The number of hydrogen-bond acceptors (Lipinski definition) is 8. The van der Waals surface area contributed by atoms with E-state index in [9.17, 15) is 13.5 Å². The molecule has 2 heterocycles. The van der Waals surface area contributed by atoms with Gasteiger partial charge in [0.1, 0.15) is 11.1 Å². The fourth-order valence-electron chi connectivity index (χ4n) is 3.94. The van der Waals surface area contributed by atoms with E-state index in [1.165, 1.54) is 6.20 Å². The van der Waals surface area contributed by atoms with Crippen LogP contribution in [-0.4, -0.2) is 66.8 Å². The number of hydrogen-bond donors (Lipinski definition) is 3. The van der Waals surface area contributed by atoms with Gasteiger partial charge >= 0.3 is 0 Å². The van der Waals surface area contributed by atoms with Gasteiger partial charge in [-0.2, -0.15) is 4.98 Å². The Morgan fingerprint density at radius 2 is 1.88 bits per heavy atom. The lowest BCUT2D eigenvalue weighted by atomic mass is 10.1. The molecule has 2 aromatic rings. The SMILES string of the molecule is CN1CCC(NS(=O)(=O)c2ccc(Nc3ncc(Cl)c(O[C@@H]4CCC[C@@H]4O)n3)cc2)CC1. The predicted octanol–water partition coefficient (Wildman–Crippen LogP) is 2.54. The molecule has 11 heteroatoms. The number of aliphatic hydroxyl groups is 1. The van der Waals surface area contributed by atoms with Crippen molar-refractivity contribution in [2.24, 2.45) is 0 Å². The summed E-state index contributed by atoms with van der Waals surface area (Å²) < 4.78 is 34.0. The number of likely N-dealkylation sites (tertiary alicyclic amines) is 1. The highest BCUT2D eigenvalue weighted by molar-refractivity contribution is 7.89. The molecule has 9 nitrogen and oxygen atoms in total. The zero-order chi connectivity index (χ0) is 22.7. The van der Waals surface area contributed by atoms with E-state index in [2.05, 4.69) is 24.9 Å². The molecule has 1 saturated carbocycles. The maximum atomic E-state index is 12.7. The van der Waals surface area contributed by atoms with E-state index >= 15 is 0 Å². The highest BCUT2D eigenvalue weighted by Gasteiger charge is 2.28. The fraction of sp³-hybridized carbons (Fsp3) is 0.524. The summed E-state index contributed by atoms with van der Waals surface area (Å²) in [7, 11) is -1.55. The molecule has 1 saturated heterocycles. The van der Waals surface area contributed by atoms with Crippen molar-refractivity contribution in [3.8, 4) is 5.88 Å². The molecule has 2 atom stereocenters. The molecular formula is C21H28ClN5O4S. The van der Waals surface area contributed by atoms with Gasteiger partial charge in [-0.1, -0.05) is 11.6 Å². The van der Waals surface area contributed by atoms with Gasteiger partial charge in [0.2, 0.25) is 21.9 Å². The molecule has 0 radical (unpaired) electrons. The number of anilines is 2. The first-order valence-electron chi connectivity index (χ1n) is 10.8. The van der Waals surface area contributed by atoms with Crippen LogP contribution in [0.4, 0.5) is 11.6 Å². The first-order valence-corrected chi connectivity index (χ1v) is 12.6. The van der Waals surface area contributed by atoms with Gasteiger partial charge < -0.3 is 20.1 Å². The van der Waals surface area contributed by atoms with Gasteiger partial charge in [0.05, 0.1) is 17.2 Å². The van der Waals surface area contributed by atoms with Crippen molar-refractivity contribution >= 4 is 33.3 Å². The Hall–Kier alpha value is -1.98. The summed E-state index contributed by atoms with van der Waals surface area (Å²) in [6.07, 6.45) is 4.48. The molecule has 174 valence electrons. The van der Waals surface area contributed by atoms with Crippen LogP contribution in [0.5, 0.6) is 5.88 Å². The summed E-state index contributed by atoms with van der Waals surface area (Å²) in [6.45, 7) is 1.76. The van der Waals surface area contributed by atoms with Crippen molar-refractivity contribution < 1.29 is 18.3 Å². The van der Waals surface area contributed by atoms with Crippen molar-refractivity contribution in [3.05, 3.63) is 35.5 Å². The predicted molar refractivity (Wildman–Crippen MR) is 122 cm³/mol. The number of piperidine rings is 1. The summed E-state index contributed by atoms with van der Waals surface area (Å²) in [5.74, 6) is 0.466. The Bertz CT molecular complexity index is 1030. The molecule has 0 bridgehead atoms. The molecule has 4 rings (SSSR count). The van der Waals surface area contributed by atoms with Crippen LogP contribution in [0.3, 0.4) is 0 Å². The van der Waals surface area contributed by atoms with Crippen LogP contribution in [0.25, 0.3) is 0 Å². The molecule has 0 amide bonds. The quantitative estimate of drug-likeness (QED) is 0.552. The van der Waals surface area contributed by atoms with Crippen LogP contribution in [0.2, 0.25) is 5.02 Å². The molecule has 32 heavy (non-hydrogen) atoms. The molecule has 2 fully saturated rings. The van der Waals surface area contributed by atoms with Crippen molar-refractivity contribution in [2.45, 2.75) is 55.2 Å². The van der Waals surface area contributed by atoms with Crippen LogP contribution >= 0.6 is 11.6 Å². The van der Waals surface area contributed by atoms with E-state index < -0.39 is 16.1 Å². The number of sulfonamides is 1. The van der Waals surface area contributed by atoms with Crippen LogP contribution in [-0.2, 0) is 10.0 Å². The van der Waals surface area contributed by atoms with Crippen LogP contribution in [0, 0.1) is 0 Å². The Morgan fingerprint density at radius 1 is 1.16 bits per heavy atom. The third kappa shape index (κ3) is 5.68.